The number of piperazine rings is 1. The molecule has 12 nitrogen and oxygen atoms in total. The minimum Gasteiger partial charge on any atom is -0.444 e. The number of carbonyl (C=O) groups excluding carboxylic acids is 1. The predicted molar refractivity (Wildman–Crippen MR) is 117 cm³/mol. The SMILES string of the molecule is [2H]C1([2H])N(C(=O)OC(C)(C)C)C([2H])([2H])C([2H])([2H])N(c2cc(=O)n3nc(-c4cncc([N+](=O)[O-])c4)sc3n2)C1([2H])[2H]. The first kappa shape index (κ1) is 13.7. The maximum Gasteiger partial charge on any atom is 0.410 e. The number of hydrogen-bond donors (Lipinski definition) is 0. The number of anilines is 1. The molecule has 0 saturated carbocycles. The van der Waals surface area contributed by atoms with Crippen molar-refractivity contribution in [1.82, 2.24) is 24.5 Å². The van der Waals surface area contributed by atoms with Crippen LogP contribution in [0.25, 0.3) is 15.5 Å². The lowest BCUT2D eigenvalue weighted by Gasteiger charge is -2.36. The largest absolute Gasteiger partial charge is 0.444 e. The molecule has 1 amide bonds. The van der Waals surface area contributed by atoms with Crippen LogP contribution in [0, 0.1) is 10.1 Å². The molecule has 168 valence electrons. The van der Waals surface area contributed by atoms with E-state index >= 15 is 0 Å². The van der Waals surface area contributed by atoms with Gasteiger partial charge in [0.15, 0.2) is 0 Å². The van der Waals surface area contributed by atoms with Crippen LogP contribution in [-0.4, -0.2) is 67.1 Å². The fraction of sp³-hybridized carbons (Fsp3) is 0.421. The van der Waals surface area contributed by atoms with Gasteiger partial charge in [-0.25, -0.2) is 9.78 Å². The molecule has 0 aliphatic carbocycles. The Morgan fingerprint density at radius 3 is 2.62 bits per heavy atom. The molecule has 0 radical (unpaired) electrons. The molecule has 1 fully saturated rings. The number of pyridine rings is 1. The van der Waals surface area contributed by atoms with Gasteiger partial charge in [0.05, 0.1) is 15.9 Å². The molecule has 0 spiro atoms. The summed E-state index contributed by atoms with van der Waals surface area (Å²) in [6.45, 7) is -9.88. The van der Waals surface area contributed by atoms with E-state index in [0.29, 0.717) is 17.4 Å². The highest BCUT2D eigenvalue weighted by atomic mass is 32.1. The van der Waals surface area contributed by atoms with Crippen molar-refractivity contribution in [2.75, 3.05) is 30.9 Å². The third kappa shape index (κ3) is 4.51. The average Bonchev–Trinajstić information content (AvgIpc) is 3.21. The van der Waals surface area contributed by atoms with Gasteiger partial charge in [0.1, 0.15) is 22.6 Å². The van der Waals surface area contributed by atoms with Gasteiger partial charge >= 0.3 is 6.09 Å². The third-order valence-corrected chi connectivity index (χ3v) is 4.72. The van der Waals surface area contributed by atoms with Crippen molar-refractivity contribution >= 4 is 33.9 Å². The molecule has 0 bridgehead atoms. The van der Waals surface area contributed by atoms with E-state index in [1.165, 1.54) is 27.0 Å². The number of aromatic nitrogens is 4. The number of rotatable bonds is 3. The van der Waals surface area contributed by atoms with Gasteiger partial charge in [-0.3, -0.25) is 19.9 Å². The average molecular weight is 468 g/mol. The first-order chi connectivity index (χ1) is 18.1. The molecule has 4 rings (SSSR count). The molecule has 0 atom stereocenters. The fourth-order valence-electron chi connectivity index (χ4n) is 2.44. The summed E-state index contributed by atoms with van der Waals surface area (Å²) in [7, 11) is 0. The van der Waals surface area contributed by atoms with Crippen molar-refractivity contribution < 1.29 is 25.4 Å². The maximum atomic E-state index is 12.9. The van der Waals surface area contributed by atoms with Crippen LogP contribution in [-0.2, 0) is 4.74 Å². The number of amides is 1. The first-order valence-electron chi connectivity index (χ1n) is 13.0. The Labute approximate surface area is 197 Å². The Balaban J connectivity index is 1.87. The smallest absolute Gasteiger partial charge is 0.410 e. The van der Waals surface area contributed by atoms with Crippen molar-refractivity contribution in [3.63, 3.8) is 0 Å². The summed E-state index contributed by atoms with van der Waals surface area (Å²) in [5.74, 6) is -0.788. The summed E-state index contributed by atoms with van der Waals surface area (Å²) in [4.78, 5) is 43.5. The highest BCUT2D eigenvalue weighted by Gasteiger charge is 2.27. The Morgan fingerprint density at radius 2 is 1.97 bits per heavy atom. The number of ether oxygens (including phenoxy) is 1. The van der Waals surface area contributed by atoms with Gasteiger partial charge in [0, 0.05) is 49.9 Å². The quantitative estimate of drug-likeness (QED) is 0.419. The van der Waals surface area contributed by atoms with Gasteiger partial charge < -0.3 is 14.5 Å². The third-order valence-electron chi connectivity index (χ3n) is 3.77. The summed E-state index contributed by atoms with van der Waals surface area (Å²) in [6, 6.07) is 1.78. The van der Waals surface area contributed by atoms with Gasteiger partial charge in [-0.1, -0.05) is 11.3 Å². The van der Waals surface area contributed by atoms with E-state index in [4.69, 9.17) is 15.7 Å². The molecule has 0 unspecified atom stereocenters. The van der Waals surface area contributed by atoms with Crippen LogP contribution in [0.15, 0.2) is 29.3 Å². The van der Waals surface area contributed by atoms with Gasteiger partial charge in [0.25, 0.3) is 11.2 Å². The summed E-state index contributed by atoms with van der Waals surface area (Å²) < 4.78 is 73.5. The van der Waals surface area contributed by atoms with Crippen LogP contribution in [0.2, 0.25) is 0 Å². The molecule has 1 aliphatic rings. The van der Waals surface area contributed by atoms with E-state index in [1.54, 1.807) is 0 Å². The highest BCUT2D eigenvalue weighted by Crippen LogP contribution is 2.27. The van der Waals surface area contributed by atoms with Crippen LogP contribution in [0.1, 0.15) is 31.7 Å². The predicted octanol–water partition coefficient (Wildman–Crippen LogP) is 2.18. The molecule has 3 aromatic rings. The minimum atomic E-state index is -3.55. The first-order valence-corrected chi connectivity index (χ1v) is 9.79. The summed E-state index contributed by atoms with van der Waals surface area (Å²) in [5.41, 5.74) is -2.43. The van der Waals surface area contributed by atoms with Crippen LogP contribution in [0.5, 0.6) is 0 Å². The maximum absolute atomic E-state index is 12.9. The molecule has 1 saturated heterocycles. The summed E-state index contributed by atoms with van der Waals surface area (Å²) >= 11 is 0.710. The van der Waals surface area contributed by atoms with Crippen molar-refractivity contribution in [3.8, 4) is 10.6 Å². The lowest BCUT2D eigenvalue weighted by atomic mass is 10.2. The van der Waals surface area contributed by atoms with Crippen molar-refractivity contribution in [1.29, 1.82) is 0 Å². The zero-order chi connectivity index (χ0) is 30.2. The zero-order valence-corrected chi connectivity index (χ0v) is 17.7. The number of carbonyl (C=O) groups is 1. The van der Waals surface area contributed by atoms with Gasteiger partial charge in [0.2, 0.25) is 4.96 Å². The topological polar surface area (TPSA) is 136 Å². The standard InChI is InChI=1S/C19H21N7O5S/c1-19(2,3)31-18(28)24-6-4-23(5-7-24)14-9-15(27)25-17(21-14)32-16(22-25)12-8-13(26(29)30)11-20-10-12/h8-11H,4-7H2,1-3H3/i4D2,5D2,6D2,7D2. The van der Waals surface area contributed by atoms with Gasteiger partial charge in [-0.05, 0) is 20.8 Å². The van der Waals surface area contributed by atoms with Crippen LogP contribution < -0.4 is 10.5 Å². The Bertz CT molecular complexity index is 1560. The van der Waals surface area contributed by atoms with E-state index in [2.05, 4.69) is 15.1 Å². The van der Waals surface area contributed by atoms with Crippen molar-refractivity contribution in [3.05, 3.63) is 45.0 Å². The number of fused-ring (bicyclic) bond motifs is 1. The van der Waals surface area contributed by atoms with Crippen molar-refractivity contribution in [2.24, 2.45) is 0 Å². The van der Waals surface area contributed by atoms with Crippen LogP contribution >= 0.6 is 11.3 Å². The minimum absolute atomic E-state index is 0.0244. The Morgan fingerprint density at radius 1 is 1.25 bits per heavy atom. The molecular weight excluding hydrogens is 438 g/mol. The summed E-state index contributed by atoms with van der Waals surface area (Å²) in [6.07, 6.45) is 0.603. The molecule has 1 aliphatic heterocycles. The van der Waals surface area contributed by atoms with Gasteiger partial charge in [-0.2, -0.15) is 9.61 Å². The van der Waals surface area contributed by atoms with E-state index < -0.39 is 54.0 Å². The molecular formula is C19H21N7O5S. The van der Waals surface area contributed by atoms with Gasteiger partial charge in [-0.15, -0.1) is 0 Å². The number of nitrogens with zero attached hydrogens (tertiary/aromatic N) is 7. The monoisotopic (exact) mass is 467 g/mol. The van der Waals surface area contributed by atoms with E-state index in [1.807, 2.05) is 0 Å². The van der Waals surface area contributed by atoms with Crippen LogP contribution in [0.4, 0.5) is 16.3 Å². The van der Waals surface area contributed by atoms with Crippen LogP contribution in [0.3, 0.4) is 0 Å². The van der Waals surface area contributed by atoms with E-state index in [0.717, 1.165) is 16.8 Å². The molecule has 0 N–H and O–H groups in total. The second kappa shape index (κ2) is 8.15. The molecule has 4 heterocycles. The molecule has 13 heteroatoms. The van der Waals surface area contributed by atoms with E-state index in [9.17, 15) is 19.7 Å². The van der Waals surface area contributed by atoms with Crippen molar-refractivity contribution in [2.45, 2.75) is 26.4 Å². The Kier molecular flexibility index (Phi) is 3.49. The molecule has 3 aromatic heterocycles. The number of hydrogen-bond acceptors (Lipinski definition) is 10. The number of nitro groups is 1. The Hall–Kier alpha value is -3.61. The molecule has 0 aromatic carbocycles. The second-order valence-corrected chi connectivity index (χ2v) is 8.30. The zero-order valence-electron chi connectivity index (χ0n) is 24.9. The second-order valence-electron chi connectivity index (χ2n) is 7.34. The van der Waals surface area contributed by atoms with E-state index in [-0.39, 0.29) is 31.0 Å². The summed E-state index contributed by atoms with van der Waals surface area (Å²) in [5, 5.41) is 15.2. The lowest BCUT2D eigenvalue weighted by molar-refractivity contribution is -0.385. The lowest BCUT2D eigenvalue weighted by Crippen LogP contribution is -2.50. The molecule has 32 heavy (non-hydrogen) atoms. The normalized spacial score (nSPS) is 24.6. The fourth-order valence-corrected chi connectivity index (χ4v) is 3.33. The highest BCUT2D eigenvalue weighted by molar-refractivity contribution is 7.19.